The van der Waals surface area contributed by atoms with Crippen LogP contribution in [0.3, 0.4) is 0 Å². The quantitative estimate of drug-likeness (QED) is 0.472. The number of fused-ring (bicyclic) bond motifs is 1. The Morgan fingerprint density at radius 1 is 1.13 bits per heavy atom. The number of thiazole rings is 1. The number of phenolic OH excluding ortho intramolecular Hbond substituents is 1. The van der Waals surface area contributed by atoms with E-state index in [0.29, 0.717) is 10.8 Å². The zero-order valence-corrected chi connectivity index (χ0v) is 18.7. The minimum Gasteiger partial charge on any atom is -0.505 e. The Hall–Kier alpha value is -2.47. The minimum atomic E-state index is 0.143. The first-order valence-corrected chi connectivity index (χ1v) is 11.7. The molecule has 1 N–H and O–H groups in total. The summed E-state index contributed by atoms with van der Waals surface area (Å²) >= 11 is 1.55. The lowest BCUT2D eigenvalue weighted by Crippen LogP contribution is -2.34. The molecule has 2 aliphatic rings. The SMILES string of the molecule is CCC(C)(C)c1ccc2nc(N=Nc3cc4c5c(c3O)CCCN5CCC4)sc2c1. The molecule has 3 aromatic rings. The topological polar surface area (TPSA) is 61.1 Å². The molecule has 0 radical (unpaired) electrons. The Labute approximate surface area is 181 Å². The molecule has 5 rings (SSSR count). The number of aromatic hydroxyl groups is 1. The highest BCUT2D eigenvalue weighted by molar-refractivity contribution is 7.21. The zero-order chi connectivity index (χ0) is 20.9. The number of aromatic nitrogens is 1. The van der Waals surface area contributed by atoms with Crippen LogP contribution in [0.2, 0.25) is 0 Å². The lowest BCUT2D eigenvalue weighted by Gasteiger charge is -2.37. The summed E-state index contributed by atoms with van der Waals surface area (Å²) in [5.74, 6) is 0.289. The summed E-state index contributed by atoms with van der Waals surface area (Å²) < 4.78 is 1.13. The van der Waals surface area contributed by atoms with Gasteiger partial charge in [0.25, 0.3) is 0 Å². The molecule has 6 heteroatoms. The van der Waals surface area contributed by atoms with Gasteiger partial charge >= 0.3 is 0 Å². The van der Waals surface area contributed by atoms with Crippen molar-refractivity contribution in [2.75, 3.05) is 18.0 Å². The highest BCUT2D eigenvalue weighted by Gasteiger charge is 2.27. The molecular weight excluding hydrogens is 392 g/mol. The largest absolute Gasteiger partial charge is 0.505 e. The van der Waals surface area contributed by atoms with E-state index in [1.165, 1.54) is 16.8 Å². The number of hydrogen-bond donors (Lipinski definition) is 1. The van der Waals surface area contributed by atoms with Crippen molar-refractivity contribution >= 4 is 38.1 Å². The molecule has 0 saturated carbocycles. The molecule has 0 saturated heterocycles. The second-order valence-electron chi connectivity index (χ2n) is 9.04. The van der Waals surface area contributed by atoms with E-state index in [9.17, 15) is 5.11 Å². The van der Waals surface area contributed by atoms with Gasteiger partial charge in [-0.2, -0.15) is 0 Å². The number of rotatable bonds is 4. The van der Waals surface area contributed by atoms with Crippen LogP contribution in [-0.4, -0.2) is 23.2 Å². The van der Waals surface area contributed by atoms with Crippen LogP contribution in [0.1, 0.15) is 56.7 Å². The number of nitrogens with zero attached hydrogens (tertiary/aromatic N) is 4. The summed E-state index contributed by atoms with van der Waals surface area (Å²) in [5.41, 5.74) is 6.56. The summed E-state index contributed by atoms with van der Waals surface area (Å²) in [7, 11) is 0. The van der Waals surface area contributed by atoms with Gasteiger partial charge in [0.05, 0.1) is 10.2 Å². The second kappa shape index (κ2) is 7.34. The van der Waals surface area contributed by atoms with Crippen LogP contribution < -0.4 is 4.90 Å². The number of benzene rings is 2. The van der Waals surface area contributed by atoms with Crippen LogP contribution in [-0.2, 0) is 18.3 Å². The van der Waals surface area contributed by atoms with Crippen molar-refractivity contribution in [1.82, 2.24) is 4.98 Å². The third kappa shape index (κ3) is 3.27. The molecule has 2 aromatic carbocycles. The van der Waals surface area contributed by atoms with Crippen molar-refractivity contribution in [1.29, 1.82) is 0 Å². The lowest BCUT2D eigenvalue weighted by atomic mass is 9.82. The van der Waals surface area contributed by atoms with Crippen molar-refractivity contribution < 1.29 is 5.11 Å². The molecule has 156 valence electrons. The fourth-order valence-electron chi connectivity index (χ4n) is 4.58. The second-order valence-corrected chi connectivity index (χ2v) is 10.1. The Morgan fingerprint density at radius 3 is 2.73 bits per heavy atom. The van der Waals surface area contributed by atoms with E-state index in [0.717, 1.165) is 61.0 Å². The van der Waals surface area contributed by atoms with E-state index in [2.05, 4.69) is 59.1 Å². The van der Waals surface area contributed by atoms with Gasteiger partial charge in [0.1, 0.15) is 11.4 Å². The van der Waals surface area contributed by atoms with Gasteiger partial charge in [-0.05, 0) is 66.8 Å². The minimum absolute atomic E-state index is 0.143. The summed E-state index contributed by atoms with van der Waals surface area (Å²) in [6, 6.07) is 8.49. The molecule has 1 aromatic heterocycles. The maximum absolute atomic E-state index is 10.9. The van der Waals surface area contributed by atoms with Crippen molar-refractivity contribution in [2.24, 2.45) is 10.2 Å². The smallest absolute Gasteiger partial charge is 0.231 e. The maximum atomic E-state index is 10.9. The van der Waals surface area contributed by atoms with Crippen molar-refractivity contribution in [3.8, 4) is 5.75 Å². The molecule has 0 fully saturated rings. The molecular formula is C24H28N4OS. The highest BCUT2D eigenvalue weighted by Crippen LogP contribution is 2.45. The molecule has 5 nitrogen and oxygen atoms in total. The molecule has 0 unspecified atom stereocenters. The van der Waals surface area contributed by atoms with E-state index in [-0.39, 0.29) is 11.2 Å². The van der Waals surface area contributed by atoms with Gasteiger partial charge < -0.3 is 10.0 Å². The number of anilines is 1. The van der Waals surface area contributed by atoms with Crippen LogP contribution in [0.5, 0.6) is 5.75 Å². The molecule has 0 aliphatic carbocycles. The van der Waals surface area contributed by atoms with Gasteiger partial charge in [0.15, 0.2) is 0 Å². The van der Waals surface area contributed by atoms with E-state index in [1.54, 1.807) is 11.3 Å². The van der Waals surface area contributed by atoms with E-state index in [4.69, 9.17) is 0 Å². The molecule has 0 spiro atoms. The third-order valence-electron chi connectivity index (χ3n) is 6.76. The van der Waals surface area contributed by atoms with Gasteiger partial charge in [0, 0.05) is 24.3 Å². The van der Waals surface area contributed by atoms with Crippen LogP contribution >= 0.6 is 11.3 Å². The highest BCUT2D eigenvalue weighted by atomic mass is 32.1. The molecule has 3 heterocycles. The van der Waals surface area contributed by atoms with Gasteiger partial charge in [-0.1, -0.05) is 38.2 Å². The first-order chi connectivity index (χ1) is 14.5. The number of aryl methyl sites for hydroxylation is 1. The maximum Gasteiger partial charge on any atom is 0.231 e. The Balaban J connectivity index is 1.49. The predicted molar refractivity (Wildman–Crippen MR) is 124 cm³/mol. The van der Waals surface area contributed by atoms with Crippen molar-refractivity contribution in [3.63, 3.8) is 0 Å². The monoisotopic (exact) mass is 420 g/mol. The molecule has 30 heavy (non-hydrogen) atoms. The van der Waals surface area contributed by atoms with Gasteiger partial charge in [-0.3, -0.25) is 0 Å². The average molecular weight is 421 g/mol. The first-order valence-electron chi connectivity index (χ1n) is 10.9. The van der Waals surface area contributed by atoms with Crippen LogP contribution in [0.4, 0.5) is 16.5 Å². The zero-order valence-electron chi connectivity index (χ0n) is 17.9. The Bertz CT molecular complexity index is 1150. The Morgan fingerprint density at radius 2 is 1.93 bits per heavy atom. The van der Waals surface area contributed by atoms with Gasteiger partial charge in [-0.15, -0.1) is 10.2 Å². The first kappa shape index (κ1) is 19.5. The molecule has 0 bridgehead atoms. The number of phenols is 1. The fourth-order valence-corrected chi connectivity index (χ4v) is 5.41. The Kier molecular flexibility index (Phi) is 4.77. The van der Waals surface area contributed by atoms with Gasteiger partial charge in [0.2, 0.25) is 5.13 Å². The van der Waals surface area contributed by atoms with E-state index in [1.807, 2.05) is 6.07 Å². The fraction of sp³-hybridized carbons (Fsp3) is 0.458. The predicted octanol–water partition coefficient (Wildman–Crippen LogP) is 6.80. The molecule has 0 amide bonds. The standard InChI is InChI=1S/C24H28N4OS/c1-4-24(2,3)16-9-10-18-20(14-16)30-23(25-18)27-26-19-13-15-7-5-11-28-12-6-8-17(21(15)28)22(19)29/h9-10,13-14,29H,4-8,11-12H2,1-3H3. The van der Waals surface area contributed by atoms with E-state index >= 15 is 0 Å². The van der Waals surface area contributed by atoms with E-state index < -0.39 is 0 Å². The lowest BCUT2D eigenvalue weighted by molar-refractivity contribution is 0.463. The third-order valence-corrected chi connectivity index (χ3v) is 7.66. The average Bonchev–Trinajstić information content (AvgIpc) is 3.17. The van der Waals surface area contributed by atoms with Gasteiger partial charge in [-0.25, -0.2) is 4.98 Å². The van der Waals surface area contributed by atoms with Crippen LogP contribution in [0, 0.1) is 0 Å². The summed E-state index contributed by atoms with van der Waals surface area (Å²) in [6.45, 7) is 8.92. The summed E-state index contributed by atoms with van der Waals surface area (Å²) in [6.07, 6.45) is 5.27. The summed E-state index contributed by atoms with van der Waals surface area (Å²) in [5, 5.41) is 20.3. The number of azo groups is 1. The summed E-state index contributed by atoms with van der Waals surface area (Å²) in [4.78, 5) is 7.05. The number of hydrogen-bond acceptors (Lipinski definition) is 6. The van der Waals surface area contributed by atoms with Crippen molar-refractivity contribution in [3.05, 3.63) is 41.0 Å². The van der Waals surface area contributed by atoms with Crippen molar-refractivity contribution in [2.45, 2.75) is 58.3 Å². The normalized spacial score (nSPS) is 16.4. The van der Waals surface area contributed by atoms with Crippen LogP contribution in [0.15, 0.2) is 34.5 Å². The van der Waals surface area contributed by atoms with Crippen LogP contribution in [0.25, 0.3) is 10.2 Å². The molecule has 0 atom stereocenters. The molecule has 2 aliphatic heterocycles.